The molecule has 140 valence electrons. The Bertz CT molecular complexity index is 899. The topological polar surface area (TPSA) is 91.6 Å². The molecule has 0 radical (unpaired) electrons. The number of hydrogen-bond donors (Lipinski definition) is 2. The number of anilines is 1. The molecular weight excluding hydrogens is 412 g/mol. The van der Waals surface area contributed by atoms with E-state index in [4.69, 9.17) is 9.47 Å². The minimum atomic E-state index is -0.555. The largest absolute Gasteiger partial charge is 0.508 e. The Morgan fingerprint density at radius 1 is 1.30 bits per heavy atom. The molecule has 7 heteroatoms. The lowest BCUT2D eigenvalue weighted by molar-refractivity contribution is -0.112. The Kier molecular flexibility index (Phi) is 6.85. The highest BCUT2D eigenvalue weighted by atomic mass is 79.9. The number of methoxy groups -OCH3 is 1. The number of aromatic hydroxyl groups is 1. The molecule has 0 aliphatic carbocycles. The monoisotopic (exact) mass is 430 g/mol. The number of nitrogens with zero attached hydrogens (tertiary/aromatic N) is 1. The maximum absolute atomic E-state index is 12.4. The molecule has 0 saturated carbocycles. The van der Waals surface area contributed by atoms with E-state index in [1.807, 2.05) is 19.9 Å². The van der Waals surface area contributed by atoms with Crippen molar-refractivity contribution in [3.63, 3.8) is 0 Å². The molecule has 2 rings (SSSR count). The first-order valence-electron chi connectivity index (χ1n) is 8.10. The third kappa shape index (κ3) is 5.50. The fraction of sp³-hybridized carbons (Fsp3) is 0.200. The summed E-state index contributed by atoms with van der Waals surface area (Å²) in [6, 6.07) is 11.3. The fourth-order valence-electron chi connectivity index (χ4n) is 2.23. The van der Waals surface area contributed by atoms with Gasteiger partial charge in [-0.3, -0.25) is 4.79 Å². The number of phenolic OH excluding ortho intramolecular Hbond substituents is 1. The van der Waals surface area contributed by atoms with Gasteiger partial charge in [-0.25, -0.2) is 0 Å². The average molecular weight is 431 g/mol. The molecule has 0 saturated heterocycles. The number of ether oxygens (including phenoxy) is 2. The maximum Gasteiger partial charge on any atom is 0.266 e. The molecular formula is C20H19BrN2O4. The lowest BCUT2D eigenvalue weighted by Gasteiger charge is -2.16. The van der Waals surface area contributed by atoms with Crippen LogP contribution in [0.25, 0.3) is 6.08 Å². The molecule has 0 aliphatic heterocycles. The zero-order valence-corrected chi connectivity index (χ0v) is 16.7. The van der Waals surface area contributed by atoms with Crippen LogP contribution in [0.3, 0.4) is 0 Å². The number of rotatable bonds is 6. The molecule has 27 heavy (non-hydrogen) atoms. The van der Waals surface area contributed by atoms with Crippen molar-refractivity contribution < 1.29 is 19.4 Å². The Morgan fingerprint density at radius 3 is 2.52 bits per heavy atom. The molecule has 0 heterocycles. The van der Waals surface area contributed by atoms with Gasteiger partial charge in [0.05, 0.1) is 17.7 Å². The van der Waals surface area contributed by atoms with Crippen LogP contribution in [0.4, 0.5) is 5.69 Å². The van der Waals surface area contributed by atoms with E-state index in [1.54, 1.807) is 24.3 Å². The SMILES string of the molecule is COc1cc(/C=C(\C#N)C(=O)Nc2ccc(O)cc2)cc(Br)c1OC(C)C. The highest BCUT2D eigenvalue weighted by Crippen LogP contribution is 2.38. The van der Waals surface area contributed by atoms with Gasteiger partial charge >= 0.3 is 0 Å². The van der Waals surface area contributed by atoms with Gasteiger partial charge in [0, 0.05) is 5.69 Å². The van der Waals surface area contributed by atoms with Crippen molar-refractivity contribution in [2.24, 2.45) is 0 Å². The molecule has 0 spiro atoms. The van der Waals surface area contributed by atoms with Gasteiger partial charge in [-0.2, -0.15) is 5.26 Å². The maximum atomic E-state index is 12.4. The van der Waals surface area contributed by atoms with E-state index in [0.717, 1.165) is 0 Å². The molecule has 0 aliphatic rings. The van der Waals surface area contributed by atoms with Crippen LogP contribution in [0.2, 0.25) is 0 Å². The summed E-state index contributed by atoms with van der Waals surface area (Å²) in [6.45, 7) is 3.81. The smallest absolute Gasteiger partial charge is 0.266 e. The molecule has 0 bridgehead atoms. The number of carbonyl (C=O) groups is 1. The van der Waals surface area contributed by atoms with Gasteiger partial charge in [0.1, 0.15) is 17.4 Å². The van der Waals surface area contributed by atoms with Crippen LogP contribution in [0.5, 0.6) is 17.2 Å². The summed E-state index contributed by atoms with van der Waals surface area (Å²) < 4.78 is 11.7. The molecule has 0 fully saturated rings. The molecule has 2 N–H and O–H groups in total. The Hall–Kier alpha value is -2.98. The highest BCUT2D eigenvalue weighted by Gasteiger charge is 2.15. The van der Waals surface area contributed by atoms with Gasteiger partial charge in [0.15, 0.2) is 11.5 Å². The number of nitrogens with one attached hydrogen (secondary N) is 1. The molecule has 0 aromatic heterocycles. The molecule has 2 aromatic rings. The summed E-state index contributed by atoms with van der Waals surface area (Å²) >= 11 is 3.44. The zero-order valence-electron chi connectivity index (χ0n) is 15.1. The second kappa shape index (κ2) is 9.10. The number of hydrogen-bond acceptors (Lipinski definition) is 5. The molecule has 1 amide bonds. The van der Waals surface area contributed by atoms with Crippen molar-refractivity contribution in [3.05, 3.63) is 52.0 Å². The average Bonchev–Trinajstić information content (AvgIpc) is 2.63. The van der Waals surface area contributed by atoms with Crippen LogP contribution in [-0.2, 0) is 4.79 Å². The quantitative estimate of drug-likeness (QED) is 0.399. The predicted molar refractivity (Wildman–Crippen MR) is 107 cm³/mol. The van der Waals surface area contributed by atoms with Crippen molar-refractivity contribution in [1.82, 2.24) is 0 Å². The van der Waals surface area contributed by atoms with Crippen LogP contribution in [0, 0.1) is 11.3 Å². The second-order valence-corrected chi connectivity index (χ2v) is 6.73. The first kappa shape index (κ1) is 20.3. The summed E-state index contributed by atoms with van der Waals surface area (Å²) in [7, 11) is 1.52. The van der Waals surface area contributed by atoms with Gasteiger partial charge in [0.25, 0.3) is 5.91 Å². The number of benzene rings is 2. The van der Waals surface area contributed by atoms with Gasteiger partial charge < -0.3 is 19.9 Å². The van der Waals surface area contributed by atoms with Gasteiger partial charge in [-0.05, 0) is 77.8 Å². The van der Waals surface area contributed by atoms with Crippen molar-refractivity contribution in [3.8, 4) is 23.3 Å². The Morgan fingerprint density at radius 2 is 1.96 bits per heavy atom. The molecule has 6 nitrogen and oxygen atoms in total. The molecule has 0 atom stereocenters. The van der Waals surface area contributed by atoms with Gasteiger partial charge in [-0.15, -0.1) is 0 Å². The molecule has 2 aromatic carbocycles. The van der Waals surface area contributed by atoms with E-state index in [2.05, 4.69) is 21.2 Å². The number of amides is 1. The van der Waals surface area contributed by atoms with Crippen LogP contribution in [0.1, 0.15) is 19.4 Å². The first-order valence-corrected chi connectivity index (χ1v) is 8.89. The number of phenols is 1. The van der Waals surface area contributed by atoms with Crippen molar-refractivity contribution in [2.45, 2.75) is 20.0 Å². The fourth-order valence-corrected chi connectivity index (χ4v) is 2.78. The van der Waals surface area contributed by atoms with E-state index in [0.29, 0.717) is 27.2 Å². The van der Waals surface area contributed by atoms with E-state index in [1.165, 1.54) is 25.3 Å². The third-order valence-corrected chi connectivity index (χ3v) is 4.00. The highest BCUT2D eigenvalue weighted by molar-refractivity contribution is 9.10. The first-order chi connectivity index (χ1) is 12.8. The van der Waals surface area contributed by atoms with E-state index in [9.17, 15) is 15.2 Å². The van der Waals surface area contributed by atoms with Crippen LogP contribution in [0.15, 0.2) is 46.4 Å². The van der Waals surface area contributed by atoms with E-state index < -0.39 is 5.91 Å². The lowest BCUT2D eigenvalue weighted by atomic mass is 10.1. The summed E-state index contributed by atoms with van der Waals surface area (Å²) in [5.41, 5.74) is 1.00. The van der Waals surface area contributed by atoms with Gasteiger partial charge in [0.2, 0.25) is 0 Å². The number of halogens is 1. The van der Waals surface area contributed by atoms with Crippen LogP contribution in [-0.4, -0.2) is 24.2 Å². The van der Waals surface area contributed by atoms with E-state index in [-0.39, 0.29) is 17.4 Å². The van der Waals surface area contributed by atoms with Crippen molar-refractivity contribution in [2.75, 3.05) is 12.4 Å². The number of carbonyl (C=O) groups excluding carboxylic acids is 1. The summed E-state index contributed by atoms with van der Waals surface area (Å²) in [5.74, 6) is 0.572. The van der Waals surface area contributed by atoms with Crippen molar-refractivity contribution >= 4 is 33.6 Å². The summed E-state index contributed by atoms with van der Waals surface area (Å²) in [4.78, 5) is 12.4. The Balaban J connectivity index is 2.31. The van der Waals surface area contributed by atoms with Gasteiger partial charge in [-0.1, -0.05) is 0 Å². The third-order valence-electron chi connectivity index (χ3n) is 3.41. The minimum Gasteiger partial charge on any atom is -0.508 e. The van der Waals surface area contributed by atoms with Crippen LogP contribution < -0.4 is 14.8 Å². The standard InChI is InChI=1S/C20H19BrN2O4/c1-12(2)27-19-17(21)9-13(10-18(19)26-3)8-14(11-22)20(25)23-15-4-6-16(24)7-5-15/h4-10,12,24H,1-3H3,(H,23,25)/b14-8+. The van der Waals surface area contributed by atoms with Crippen molar-refractivity contribution in [1.29, 1.82) is 5.26 Å². The number of nitriles is 1. The second-order valence-electron chi connectivity index (χ2n) is 5.87. The normalized spacial score (nSPS) is 11.0. The zero-order chi connectivity index (χ0) is 20.0. The van der Waals surface area contributed by atoms with E-state index >= 15 is 0 Å². The predicted octanol–water partition coefficient (Wildman–Crippen LogP) is 4.50. The molecule has 0 unspecified atom stereocenters. The Labute approximate surface area is 166 Å². The minimum absolute atomic E-state index is 0.0395. The van der Waals surface area contributed by atoms with Crippen LogP contribution >= 0.6 is 15.9 Å². The lowest BCUT2D eigenvalue weighted by Crippen LogP contribution is -2.13. The summed E-state index contributed by atoms with van der Waals surface area (Å²) in [6.07, 6.45) is 1.42. The summed E-state index contributed by atoms with van der Waals surface area (Å²) in [5, 5.41) is 21.3.